The van der Waals surface area contributed by atoms with Gasteiger partial charge in [0, 0.05) is 31.1 Å². The number of nitrogens with zero attached hydrogens (tertiary/aromatic N) is 2. The minimum absolute atomic E-state index is 0. The number of hydrogen-bond acceptors (Lipinski definition) is 8. The van der Waals surface area contributed by atoms with Crippen LogP contribution in [-0.4, -0.2) is 76.9 Å². The van der Waals surface area contributed by atoms with Crippen LogP contribution in [0.25, 0.3) is 0 Å². The second-order valence-corrected chi connectivity index (χ2v) is 9.24. The molecular weight excluding hydrogens is 499 g/mol. The van der Waals surface area contributed by atoms with Gasteiger partial charge >= 0.3 is 37.7 Å². The average molecular weight is 526 g/mol. The first-order valence-electron chi connectivity index (χ1n) is 11.5. The van der Waals surface area contributed by atoms with Crippen LogP contribution in [0.15, 0.2) is 12.1 Å². The summed E-state index contributed by atoms with van der Waals surface area (Å²) in [7, 11) is 0. The zero-order valence-electron chi connectivity index (χ0n) is 21.5. The van der Waals surface area contributed by atoms with Gasteiger partial charge in [0.05, 0.1) is 30.1 Å². The molecule has 2 heterocycles. The third-order valence-electron chi connectivity index (χ3n) is 6.66. The van der Waals surface area contributed by atoms with Crippen molar-refractivity contribution in [1.82, 2.24) is 15.1 Å². The fourth-order valence-corrected chi connectivity index (χ4v) is 4.89. The Morgan fingerprint density at radius 3 is 2.26 bits per heavy atom. The minimum Gasteiger partial charge on any atom is -0.548 e. The van der Waals surface area contributed by atoms with E-state index in [1.165, 1.54) is 11.8 Å². The van der Waals surface area contributed by atoms with E-state index in [1.54, 1.807) is 0 Å². The van der Waals surface area contributed by atoms with Crippen LogP contribution in [0.4, 0.5) is 13.2 Å². The van der Waals surface area contributed by atoms with E-state index in [2.05, 4.69) is 5.32 Å². The first kappa shape index (κ1) is 34.0. The van der Waals surface area contributed by atoms with Gasteiger partial charge in [-0.1, -0.05) is 0 Å². The molecule has 5 atom stereocenters. The third kappa shape index (κ3) is 8.01. The van der Waals surface area contributed by atoms with Gasteiger partial charge < -0.3 is 35.8 Å². The zero-order chi connectivity index (χ0) is 26.7. The topological polar surface area (TPSA) is 159 Å². The molecule has 2 saturated heterocycles. The Kier molecular flexibility index (Phi) is 12.9. The quantitative estimate of drug-likeness (QED) is 0.237. The van der Waals surface area contributed by atoms with Crippen LogP contribution in [0.3, 0.4) is 0 Å². The first-order chi connectivity index (χ1) is 16.9. The second kappa shape index (κ2) is 14.4. The van der Waals surface area contributed by atoms with E-state index < -0.39 is 71.4 Å². The number of carbonyl (C=O) groups excluding carboxylic acids is 4. The number of carboxylic acids is 2. The zero-order valence-corrected chi connectivity index (χ0v) is 21.5. The van der Waals surface area contributed by atoms with E-state index >= 15 is 0 Å². The SMILES string of the molecule is C[C@@H](C(=O)N1C[C@@H](NC(=O)C[C@H](N)Cc2cc(F)c(F)cc2F)C[C@H]1C(=O)[O-])N1CCC[C@H]1C(=O)[O-].[Li+].[Li+]. The van der Waals surface area contributed by atoms with Crippen molar-refractivity contribution in [1.29, 1.82) is 0 Å². The number of nitrogens with two attached hydrogens (primary N) is 1. The summed E-state index contributed by atoms with van der Waals surface area (Å²) in [5.74, 6) is -7.64. The van der Waals surface area contributed by atoms with E-state index in [9.17, 15) is 42.6 Å². The summed E-state index contributed by atoms with van der Waals surface area (Å²) in [6.45, 7) is 1.68. The smallest absolute Gasteiger partial charge is 0.548 e. The van der Waals surface area contributed by atoms with E-state index in [0.29, 0.717) is 31.5 Å². The Labute approximate surface area is 241 Å². The second-order valence-electron chi connectivity index (χ2n) is 9.24. The molecule has 3 N–H and O–H groups in total. The number of nitrogens with one attached hydrogen (secondary N) is 1. The standard InChI is InChI=1S/C23H29F3N4O6.2Li/c1-11(29-4-2-3-18(29)22(33)34)21(32)30-10-14(8-19(30)23(35)36)28-20(31)7-13(27)5-12-6-16(25)17(26)9-15(12)24;;/h6,9,11,13-14,18-19H,2-5,7-8,10,27H2,1H3,(H,28,31)(H,33,34)(H,35,36);;/q;2*+1/p-2/t11-,13+,14-,18-,19-;;/m0../s1. The van der Waals surface area contributed by atoms with Crippen LogP contribution in [0, 0.1) is 17.5 Å². The van der Waals surface area contributed by atoms with Crippen LogP contribution in [0.5, 0.6) is 0 Å². The molecule has 38 heavy (non-hydrogen) atoms. The number of likely N-dealkylation sites (tertiary alicyclic amines) is 2. The Morgan fingerprint density at radius 1 is 1.05 bits per heavy atom. The van der Waals surface area contributed by atoms with Gasteiger partial charge in [0.2, 0.25) is 11.8 Å². The molecule has 1 aromatic rings. The molecule has 0 unspecified atom stereocenters. The van der Waals surface area contributed by atoms with E-state index in [0.717, 1.165) is 4.90 Å². The normalized spacial score (nSPS) is 22.7. The van der Waals surface area contributed by atoms with Crippen LogP contribution in [0.1, 0.15) is 38.2 Å². The summed E-state index contributed by atoms with van der Waals surface area (Å²) in [5.41, 5.74) is 5.67. The van der Waals surface area contributed by atoms with Gasteiger partial charge in [-0.3, -0.25) is 14.5 Å². The minimum atomic E-state index is -1.52. The van der Waals surface area contributed by atoms with Crippen molar-refractivity contribution in [3.8, 4) is 0 Å². The van der Waals surface area contributed by atoms with E-state index in [-0.39, 0.29) is 69.1 Å². The van der Waals surface area contributed by atoms with Gasteiger partial charge in [0.1, 0.15) is 5.82 Å². The summed E-state index contributed by atoms with van der Waals surface area (Å²) < 4.78 is 40.3. The van der Waals surface area contributed by atoms with Crippen molar-refractivity contribution in [2.75, 3.05) is 13.1 Å². The first-order valence-corrected chi connectivity index (χ1v) is 11.5. The fraction of sp³-hybridized carbons (Fsp3) is 0.565. The van der Waals surface area contributed by atoms with Crippen LogP contribution >= 0.6 is 0 Å². The van der Waals surface area contributed by atoms with Crippen molar-refractivity contribution in [3.05, 3.63) is 35.1 Å². The Hall–Kier alpha value is -2.00. The molecule has 2 aliphatic heterocycles. The predicted octanol–water partition coefficient (Wildman–Crippen LogP) is -8.19. The summed E-state index contributed by atoms with van der Waals surface area (Å²) in [6.07, 6.45) is 0.158. The maximum atomic E-state index is 13.8. The predicted molar refractivity (Wildman–Crippen MR) is 114 cm³/mol. The number of halogens is 3. The summed E-state index contributed by atoms with van der Waals surface area (Å²) in [5, 5.41) is 25.6. The molecule has 0 radical (unpaired) electrons. The number of carbonyl (C=O) groups is 4. The van der Waals surface area contributed by atoms with Gasteiger partial charge in [0.25, 0.3) is 0 Å². The number of carboxylic acid groups (broad SMARTS) is 2. The maximum absolute atomic E-state index is 13.8. The number of hydrogen-bond donors (Lipinski definition) is 2. The molecule has 15 heteroatoms. The molecule has 0 saturated carbocycles. The van der Waals surface area contributed by atoms with E-state index in [1.807, 2.05) is 0 Å². The largest absolute Gasteiger partial charge is 1.00 e. The Balaban J connectivity index is 0.00000361. The van der Waals surface area contributed by atoms with Gasteiger partial charge in [0.15, 0.2) is 11.6 Å². The van der Waals surface area contributed by atoms with Crippen molar-refractivity contribution >= 4 is 23.8 Å². The van der Waals surface area contributed by atoms with Crippen molar-refractivity contribution in [3.63, 3.8) is 0 Å². The van der Waals surface area contributed by atoms with Crippen LogP contribution in [0.2, 0.25) is 0 Å². The molecule has 2 aliphatic rings. The molecule has 3 rings (SSSR count). The monoisotopic (exact) mass is 526 g/mol. The molecular formula is C23H27F3Li2N4O6. The van der Waals surface area contributed by atoms with Crippen molar-refractivity contribution in [2.45, 2.75) is 69.2 Å². The van der Waals surface area contributed by atoms with Crippen LogP contribution < -0.4 is 59.0 Å². The number of aliphatic carboxylic acids is 2. The van der Waals surface area contributed by atoms with E-state index in [4.69, 9.17) is 5.73 Å². The fourth-order valence-electron chi connectivity index (χ4n) is 4.89. The average Bonchev–Trinajstić information content (AvgIpc) is 3.44. The third-order valence-corrected chi connectivity index (χ3v) is 6.66. The summed E-state index contributed by atoms with van der Waals surface area (Å²) >= 11 is 0. The number of amides is 2. The molecule has 2 amide bonds. The molecule has 0 spiro atoms. The molecule has 0 aliphatic carbocycles. The van der Waals surface area contributed by atoms with Crippen LogP contribution in [-0.2, 0) is 25.6 Å². The van der Waals surface area contributed by atoms with Gasteiger partial charge in [-0.15, -0.1) is 0 Å². The Morgan fingerprint density at radius 2 is 1.66 bits per heavy atom. The Bertz CT molecular complexity index is 1050. The number of rotatable bonds is 9. The summed E-state index contributed by atoms with van der Waals surface area (Å²) in [6, 6.07) is -3.86. The molecule has 2 fully saturated rings. The van der Waals surface area contributed by atoms with Gasteiger partial charge in [-0.25, -0.2) is 13.2 Å². The van der Waals surface area contributed by atoms with Gasteiger partial charge in [-0.05, 0) is 50.8 Å². The molecule has 1 aromatic carbocycles. The van der Waals surface area contributed by atoms with Crippen molar-refractivity contribution in [2.24, 2.45) is 5.73 Å². The van der Waals surface area contributed by atoms with Gasteiger partial charge in [-0.2, -0.15) is 0 Å². The maximum Gasteiger partial charge on any atom is 1.00 e. The molecule has 0 aromatic heterocycles. The summed E-state index contributed by atoms with van der Waals surface area (Å²) in [4.78, 5) is 51.1. The molecule has 10 nitrogen and oxygen atoms in total. The van der Waals surface area contributed by atoms with Crippen molar-refractivity contribution < 1.29 is 80.3 Å². The molecule has 0 bridgehead atoms. The number of benzene rings is 1. The molecule has 198 valence electrons.